The van der Waals surface area contributed by atoms with Crippen LogP contribution < -0.4 is 0 Å². The van der Waals surface area contributed by atoms with Crippen molar-refractivity contribution in [1.82, 2.24) is 4.31 Å². The van der Waals surface area contributed by atoms with E-state index in [1.54, 1.807) is 56.3 Å². The number of sulfonamides is 1. The van der Waals surface area contributed by atoms with Crippen LogP contribution in [0, 0.1) is 13.8 Å². The van der Waals surface area contributed by atoms with Gasteiger partial charge in [-0.2, -0.15) is 4.31 Å². The molecule has 2 aromatic rings. The summed E-state index contributed by atoms with van der Waals surface area (Å²) in [5.41, 5.74) is 2.45. The van der Waals surface area contributed by atoms with Crippen molar-refractivity contribution in [2.45, 2.75) is 31.7 Å². The summed E-state index contributed by atoms with van der Waals surface area (Å²) in [5.74, 6) is -0.522. The molecule has 1 heterocycles. The van der Waals surface area contributed by atoms with Gasteiger partial charge in [-0.15, -0.1) is 0 Å². The number of aryl methyl sites for hydroxylation is 2. The first-order valence-electron chi connectivity index (χ1n) is 8.98. The Labute approximate surface area is 170 Å². The van der Waals surface area contributed by atoms with E-state index in [4.69, 9.17) is 16.3 Å². The summed E-state index contributed by atoms with van der Waals surface area (Å²) in [6.07, 6.45) is 1.62. The summed E-state index contributed by atoms with van der Waals surface area (Å²) >= 11 is 6.28. The number of esters is 1. The molecule has 2 aromatic carbocycles. The van der Waals surface area contributed by atoms with Crippen LogP contribution in [0.25, 0.3) is 0 Å². The normalized spacial score (nSPS) is 17.4. The summed E-state index contributed by atoms with van der Waals surface area (Å²) in [4.78, 5) is 12.7. The fourth-order valence-electron chi connectivity index (χ4n) is 3.30. The molecule has 7 heteroatoms. The van der Waals surface area contributed by atoms with Crippen molar-refractivity contribution in [2.24, 2.45) is 0 Å². The third kappa shape index (κ3) is 3.72. The Hall–Kier alpha value is -2.15. The Morgan fingerprint density at radius 3 is 2.54 bits per heavy atom. The van der Waals surface area contributed by atoms with Crippen molar-refractivity contribution in [2.75, 3.05) is 13.2 Å². The molecular formula is C21H22ClNO4S. The summed E-state index contributed by atoms with van der Waals surface area (Å²) in [7, 11) is -3.84. The van der Waals surface area contributed by atoms with Gasteiger partial charge in [0, 0.05) is 11.6 Å². The van der Waals surface area contributed by atoms with E-state index in [0.717, 1.165) is 5.56 Å². The molecule has 3 rings (SSSR count). The molecule has 5 nitrogen and oxygen atoms in total. The molecule has 1 aliphatic heterocycles. The van der Waals surface area contributed by atoms with E-state index >= 15 is 0 Å². The zero-order valence-electron chi connectivity index (χ0n) is 16.0. The molecule has 0 bridgehead atoms. The van der Waals surface area contributed by atoms with Gasteiger partial charge >= 0.3 is 5.97 Å². The minimum Gasteiger partial charge on any atom is -0.463 e. The number of ether oxygens (including phenoxy) is 1. The molecule has 0 fully saturated rings. The van der Waals surface area contributed by atoms with Crippen LogP contribution in [0.2, 0.25) is 5.02 Å². The second kappa shape index (κ2) is 8.07. The van der Waals surface area contributed by atoms with Crippen LogP contribution in [-0.2, 0) is 19.6 Å². The van der Waals surface area contributed by atoms with Crippen LogP contribution in [0.3, 0.4) is 0 Å². The highest BCUT2D eigenvalue weighted by molar-refractivity contribution is 7.89. The summed E-state index contributed by atoms with van der Waals surface area (Å²) in [6.45, 7) is 5.63. The van der Waals surface area contributed by atoms with Gasteiger partial charge in [0.2, 0.25) is 10.0 Å². The third-order valence-corrected chi connectivity index (χ3v) is 7.18. The van der Waals surface area contributed by atoms with Gasteiger partial charge in [0.15, 0.2) is 0 Å². The average molecular weight is 420 g/mol. The van der Waals surface area contributed by atoms with Gasteiger partial charge < -0.3 is 4.74 Å². The number of benzene rings is 2. The standard InChI is InChI=1S/C21H22ClNO4S/c1-4-27-21(24)17-11-12-23(20(17)16-10-9-14(2)18(22)13-16)28(25,26)19-8-6-5-7-15(19)3/h5-11,13,20H,4,12H2,1-3H3. The van der Waals surface area contributed by atoms with Crippen molar-refractivity contribution < 1.29 is 17.9 Å². The highest BCUT2D eigenvalue weighted by atomic mass is 35.5. The van der Waals surface area contributed by atoms with Gasteiger partial charge in [0.25, 0.3) is 0 Å². The van der Waals surface area contributed by atoms with E-state index in [9.17, 15) is 13.2 Å². The molecule has 0 aliphatic carbocycles. The smallest absolute Gasteiger partial charge is 0.335 e. The predicted molar refractivity (Wildman–Crippen MR) is 109 cm³/mol. The second-order valence-electron chi connectivity index (χ2n) is 6.63. The minimum atomic E-state index is -3.84. The van der Waals surface area contributed by atoms with Crippen LogP contribution in [0.15, 0.2) is 59.0 Å². The quantitative estimate of drug-likeness (QED) is 0.681. The van der Waals surface area contributed by atoms with E-state index in [2.05, 4.69) is 0 Å². The molecule has 0 saturated heterocycles. The molecule has 148 valence electrons. The number of nitrogens with zero attached hydrogens (tertiary/aromatic N) is 1. The summed E-state index contributed by atoms with van der Waals surface area (Å²) < 4.78 is 33.3. The molecule has 28 heavy (non-hydrogen) atoms. The summed E-state index contributed by atoms with van der Waals surface area (Å²) in [5, 5.41) is 0.515. The molecular weight excluding hydrogens is 398 g/mol. The van der Waals surface area contributed by atoms with Crippen molar-refractivity contribution in [3.05, 3.63) is 75.8 Å². The van der Waals surface area contributed by atoms with Gasteiger partial charge in [-0.05, 0) is 49.6 Å². The minimum absolute atomic E-state index is 0.0843. The average Bonchev–Trinajstić information content (AvgIpc) is 3.10. The Morgan fingerprint density at radius 2 is 1.89 bits per heavy atom. The Balaban J connectivity index is 2.11. The molecule has 0 saturated carbocycles. The molecule has 1 atom stereocenters. The largest absolute Gasteiger partial charge is 0.463 e. The Bertz CT molecular complexity index is 1050. The fraction of sp³-hybridized carbons (Fsp3) is 0.286. The molecule has 1 aliphatic rings. The zero-order chi connectivity index (χ0) is 20.5. The number of hydrogen-bond acceptors (Lipinski definition) is 4. The summed E-state index contributed by atoms with van der Waals surface area (Å²) in [6, 6.07) is 11.3. The highest BCUT2D eigenvalue weighted by Gasteiger charge is 2.41. The number of carbonyl (C=O) groups excluding carboxylic acids is 1. The monoisotopic (exact) mass is 419 g/mol. The van der Waals surface area contributed by atoms with Gasteiger partial charge in [0.1, 0.15) is 0 Å². The first-order valence-corrected chi connectivity index (χ1v) is 10.8. The molecule has 0 radical (unpaired) electrons. The van der Waals surface area contributed by atoms with Crippen molar-refractivity contribution in [3.8, 4) is 0 Å². The van der Waals surface area contributed by atoms with Crippen molar-refractivity contribution in [3.63, 3.8) is 0 Å². The van der Waals surface area contributed by atoms with E-state index in [1.807, 2.05) is 13.0 Å². The first kappa shape index (κ1) is 20.6. The van der Waals surface area contributed by atoms with Crippen molar-refractivity contribution in [1.29, 1.82) is 0 Å². The number of carbonyl (C=O) groups is 1. The number of hydrogen-bond donors (Lipinski definition) is 0. The Morgan fingerprint density at radius 1 is 1.18 bits per heavy atom. The third-order valence-electron chi connectivity index (χ3n) is 4.78. The lowest BCUT2D eigenvalue weighted by Crippen LogP contribution is -2.34. The first-order chi connectivity index (χ1) is 13.3. The zero-order valence-corrected chi connectivity index (χ0v) is 17.5. The van der Waals surface area contributed by atoms with Gasteiger partial charge in [-0.25, -0.2) is 13.2 Å². The van der Waals surface area contributed by atoms with E-state index in [-0.39, 0.29) is 18.0 Å². The van der Waals surface area contributed by atoms with Crippen LogP contribution in [-0.4, -0.2) is 31.8 Å². The maximum absolute atomic E-state index is 13.4. The topological polar surface area (TPSA) is 63.7 Å². The lowest BCUT2D eigenvalue weighted by Gasteiger charge is -2.27. The van der Waals surface area contributed by atoms with Gasteiger partial charge in [-0.3, -0.25) is 0 Å². The maximum atomic E-state index is 13.4. The lowest BCUT2D eigenvalue weighted by atomic mass is 10.00. The Kier molecular flexibility index (Phi) is 5.93. The van der Waals surface area contributed by atoms with E-state index < -0.39 is 22.0 Å². The van der Waals surface area contributed by atoms with E-state index in [1.165, 1.54) is 4.31 Å². The number of rotatable bonds is 5. The van der Waals surface area contributed by atoms with Crippen LogP contribution in [0.1, 0.15) is 29.7 Å². The highest BCUT2D eigenvalue weighted by Crippen LogP contribution is 2.39. The maximum Gasteiger partial charge on any atom is 0.335 e. The van der Waals surface area contributed by atoms with Gasteiger partial charge in [-0.1, -0.05) is 48.0 Å². The lowest BCUT2D eigenvalue weighted by molar-refractivity contribution is -0.138. The molecule has 0 amide bonds. The second-order valence-corrected chi connectivity index (χ2v) is 8.90. The number of halogens is 1. The fourth-order valence-corrected chi connectivity index (χ4v) is 5.25. The molecule has 0 aromatic heterocycles. The predicted octanol–water partition coefficient (Wildman–Crippen LogP) is 4.19. The van der Waals surface area contributed by atoms with E-state index in [0.29, 0.717) is 21.7 Å². The molecule has 0 N–H and O–H groups in total. The van der Waals surface area contributed by atoms with Crippen molar-refractivity contribution >= 4 is 27.6 Å². The molecule has 1 unspecified atom stereocenters. The van der Waals surface area contributed by atoms with Crippen LogP contribution in [0.5, 0.6) is 0 Å². The van der Waals surface area contributed by atoms with Crippen LogP contribution in [0.4, 0.5) is 0 Å². The van der Waals surface area contributed by atoms with Crippen LogP contribution >= 0.6 is 11.6 Å². The van der Waals surface area contributed by atoms with Gasteiger partial charge in [0.05, 0.1) is 23.1 Å². The molecule has 0 spiro atoms. The SMILES string of the molecule is CCOC(=O)C1=CCN(S(=O)(=O)c2ccccc2C)C1c1ccc(C)c(Cl)c1.